The second-order valence-electron chi connectivity index (χ2n) is 3.06. The lowest BCUT2D eigenvalue weighted by Gasteiger charge is -2.02. The van der Waals surface area contributed by atoms with Crippen LogP contribution in [0.25, 0.3) is 0 Å². The van der Waals surface area contributed by atoms with Crippen LogP contribution in [-0.4, -0.2) is 9.97 Å². The summed E-state index contributed by atoms with van der Waals surface area (Å²) in [5.41, 5.74) is 0. The number of halogens is 1. The molecule has 0 aliphatic heterocycles. The minimum Gasteiger partial charge on any atom is -0.361 e. The maximum atomic E-state index is 13.1. The van der Waals surface area contributed by atoms with Gasteiger partial charge in [-0.05, 0) is 19.1 Å². The summed E-state index contributed by atoms with van der Waals surface area (Å²) in [6.07, 6.45) is 2.79. The molecular weight excluding hydrogens is 213 g/mol. The molecule has 0 aliphatic rings. The molecule has 1 N–H and O–H groups in total. The number of nitrogens with one attached hydrogen (secondary N) is 1. The van der Waals surface area contributed by atoms with Crippen molar-refractivity contribution in [3.8, 4) is 0 Å². The first-order chi connectivity index (χ1) is 7.25. The molecule has 0 saturated carbocycles. The van der Waals surface area contributed by atoms with E-state index in [0.717, 1.165) is 4.88 Å². The van der Waals surface area contributed by atoms with E-state index in [1.165, 1.54) is 17.3 Å². The summed E-state index contributed by atoms with van der Waals surface area (Å²) in [4.78, 5) is 9.76. The lowest BCUT2D eigenvalue weighted by Crippen LogP contribution is -2.03. The van der Waals surface area contributed by atoms with Crippen LogP contribution in [0.1, 0.15) is 9.75 Å². The SMILES string of the molecule is Cc1ccc(CNc2nccnc2F)s1. The van der Waals surface area contributed by atoms with Gasteiger partial charge in [-0.25, -0.2) is 9.97 Å². The van der Waals surface area contributed by atoms with E-state index >= 15 is 0 Å². The van der Waals surface area contributed by atoms with Crippen LogP contribution in [0.15, 0.2) is 24.5 Å². The van der Waals surface area contributed by atoms with E-state index in [-0.39, 0.29) is 5.82 Å². The summed E-state index contributed by atoms with van der Waals surface area (Å²) in [6.45, 7) is 2.62. The van der Waals surface area contributed by atoms with E-state index in [1.54, 1.807) is 11.3 Å². The third-order valence-corrected chi connectivity index (χ3v) is 2.88. The Balaban J connectivity index is 2.02. The number of aryl methyl sites for hydroxylation is 1. The first-order valence-corrected chi connectivity index (χ1v) is 5.33. The van der Waals surface area contributed by atoms with Gasteiger partial charge in [-0.3, -0.25) is 0 Å². The van der Waals surface area contributed by atoms with Crippen LogP contribution < -0.4 is 5.32 Å². The van der Waals surface area contributed by atoms with Gasteiger partial charge in [0.2, 0.25) is 0 Å². The van der Waals surface area contributed by atoms with Crippen molar-refractivity contribution in [1.29, 1.82) is 0 Å². The molecule has 0 saturated heterocycles. The van der Waals surface area contributed by atoms with Crippen molar-refractivity contribution >= 4 is 17.2 Å². The largest absolute Gasteiger partial charge is 0.361 e. The van der Waals surface area contributed by atoms with E-state index in [0.29, 0.717) is 6.54 Å². The molecule has 0 atom stereocenters. The Morgan fingerprint density at radius 3 is 2.80 bits per heavy atom. The highest BCUT2D eigenvalue weighted by Crippen LogP contribution is 2.16. The third-order valence-electron chi connectivity index (χ3n) is 1.88. The lowest BCUT2D eigenvalue weighted by molar-refractivity contribution is 0.580. The van der Waals surface area contributed by atoms with Gasteiger partial charge in [-0.1, -0.05) is 0 Å². The Morgan fingerprint density at radius 2 is 2.13 bits per heavy atom. The quantitative estimate of drug-likeness (QED) is 0.869. The summed E-state index contributed by atoms with van der Waals surface area (Å²) in [6, 6.07) is 4.05. The zero-order valence-electron chi connectivity index (χ0n) is 8.20. The van der Waals surface area contributed by atoms with Gasteiger partial charge < -0.3 is 5.32 Å². The van der Waals surface area contributed by atoms with Gasteiger partial charge in [-0.2, -0.15) is 4.39 Å². The van der Waals surface area contributed by atoms with Crippen LogP contribution in [0.5, 0.6) is 0 Å². The average Bonchev–Trinajstić information content (AvgIpc) is 2.63. The van der Waals surface area contributed by atoms with Crippen LogP contribution in [-0.2, 0) is 6.54 Å². The van der Waals surface area contributed by atoms with Gasteiger partial charge in [0.25, 0.3) is 5.95 Å². The summed E-state index contributed by atoms with van der Waals surface area (Å²) < 4.78 is 13.1. The molecule has 0 aliphatic carbocycles. The molecular formula is C10H10FN3S. The van der Waals surface area contributed by atoms with Crippen LogP contribution in [0, 0.1) is 12.9 Å². The Morgan fingerprint density at radius 1 is 1.33 bits per heavy atom. The number of anilines is 1. The van der Waals surface area contributed by atoms with Gasteiger partial charge in [0.05, 0.1) is 6.54 Å². The number of hydrogen-bond acceptors (Lipinski definition) is 4. The molecule has 0 bridgehead atoms. The monoisotopic (exact) mass is 223 g/mol. The Kier molecular flexibility index (Phi) is 2.91. The molecule has 0 spiro atoms. The Bertz CT molecular complexity index is 455. The van der Waals surface area contributed by atoms with Gasteiger partial charge in [0, 0.05) is 22.1 Å². The molecule has 0 amide bonds. The predicted octanol–water partition coefficient (Wildman–Crippen LogP) is 2.60. The minimum atomic E-state index is -0.564. The highest BCUT2D eigenvalue weighted by molar-refractivity contribution is 7.11. The molecule has 15 heavy (non-hydrogen) atoms. The Labute approximate surface area is 91.0 Å². The van der Waals surface area contributed by atoms with Gasteiger partial charge in [0.15, 0.2) is 5.82 Å². The summed E-state index contributed by atoms with van der Waals surface area (Å²) in [5.74, 6) is -0.366. The lowest BCUT2D eigenvalue weighted by atomic mass is 10.4. The van der Waals surface area contributed by atoms with Crippen molar-refractivity contribution in [3.05, 3.63) is 40.2 Å². The van der Waals surface area contributed by atoms with E-state index in [1.807, 2.05) is 19.1 Å². The van der Waals surface area contributed by atoms with Crippen LogP contribution in [0.4, 0.5) is 10.2 Å². The number of hydrogen-bond donors (Lipinski definition) is 1. The molecule has 2 rings (SSSR count). The van der Waals surface area contributed by atoms with E-state index in [2.05, 4.69) is 15.3 Å². The zero-order chi connectivity index (χ0) is 10.7. The third kappa shape index (κ3) is 2.50. The first-order valence-electron chi connectivity index (χ1n) is 4.51. The molecule has 2 aromatic heterocycles. The number of nitrogens with zero attached hydrogens (tertiary/aromatic N) is 2. The van der Waals surface area contributed by atoms with Crippen LogP contribution >= 0.6 is 11.3 Å². The van der Waals surface area contributed by atoms with E-state index in [9.17, 15) is 4.39 Å². The number of aromatic nitrogens is 2. The van der Waals surface area contributed by atoms with E-state index in [4.69, 9.17) is 0 Å². The fraction of sp³-hybridized carbons (Fsp3) is 0.200. The Hall–Kier alpha value is -1.49. The van der Waals surface area contributed by atoms with Gasteiger partial charge >= 0.3 is 0 Å². The highest BCUT2D eigenvalue weighted by atomic mass is 32.1. The topological polar surface area (TPSA) is 37.8 Å². The van der Waals surface area contributed by atoms with Crippen molar-refractivity contribution in [2.24, 2.45) is 0 Å². The normalized spacial score (nSPS) is 10.3. The molecule has 2 aromatic rings. The molecule has 78 valence electrons. The number of thiophene rings is 1. The molecule has 2 heterocycles. The fourth-order valence-electron chi connectivity index (χ4n) is 1.19. The van der Waals surface area contributed by atoms with Crippen molar-refractivity contribution in [1.82, 2.24) is 9.97 Å². The smallest absolute Gasteiger partial charge is 0.255 e. The standard InChI is InChI=1S/C10H10FN3S/c1-7-2-3-8(15-7)6-14-10-9(11)12-4-5-13-10/h2-5H,6H2,1H3,(H,13,14). The molecule has 0 fully saturated rings. The highest BCUT2D eigenvalue weighted by Gasteiger charge is 2.03. The van der Waals surface area contributed by atoms with Gasteiger partial charge in [0.1, 0.15) is 0 Å². The van der Waals surface area contributed by atoms with Crippen molar-refractivity contribution in [2.75, 3.05) is 5.32 Å². The van der Waals surface area contributed by atoms with Crippen LogP contribution in [0.2, 0.25) is 0 Å². The zero-order valence-corrected chi connectivity index (χ0v) is 9.01. The van der Waals surface area contributed by atoms with Gasteiger partial charge in [-0.15, -0.1) is 11.3 Å². The second kappa shape index (κ2) is 4.35. The summed E-state index contributed by atoms with van der Waals surface area (Å²) in [7, 11) is 0. The minimum absolute atomic E-state index is 0.198. The number of rotatable bonds is 3. The van der Waals surface area contributed by atoms with E-state index < -0.39 is 5.95 Å². The maximum Gasteiger partial charge on any atom is 0.255 e. The second-order valence-corrected chi connectivity index (χ2v) is 4.43. The van der Waals surface area contributed by atoms with Crippen molar-refractivity contribution < 1.29 is 4.39 Å². The maximum absolute atomic E-state index is 13.1. The van der Waals surface area contributed by atoms with Crippen LogP contribution in [0.3, 0.4) is 0 Å². The molecule has 0 radical (unpaired) electrons. The summed E-state index contributed by atoms with van der Waals surface area (Å²) >= 11 is 1.68. The van der Waals surface area contributed by atoms with Crippen molar-refractivity contribution in [2.45, 2.75) is 13.5 Å². The molecule has 0 aromatic carbocycles. The molecule has 3 nitrogen and oxygen atoms in total. The first kappa shape index (κ1) is 10.0. The van der Waals surface area contributed by atoms with Crippen molar-refractivity contribution in [3.63, 3.8) is 0 Å². The predicted molar refractivity (Wildman–Crippen MR) is 58.4 cm³/mol. The average molecular weight is 223 g/mol. The fourth-order valence-corrected chi connectivity index (χ4v) is 2.02. The molecule has 5 heteroatoms. The molecule has 0 unspecified atom stereocenters. The summed E-state index contributed by atoms with van der Waals surface area (Å²) in [5, 5.41) is 2.90.